The van der Waals surface area contributed by atoms with Gasteiger partial charge in [0, 0.05) is 0 Å². The van der Waals surface area contributed by atoms with Crippen molar-refractivity contribution in [1.29, 1.82) is 0 Å². The highest BCUT2D eigenvalue weighted by Gasteiger charge is 2.16. The summed E-state index contributed by atoms with van der Waals surface area (Å²) in [7, 11) is 0. The van der Waals surface area contributed by atoms with Gasteiger partial charge in [-0.15, -0.1) is 0 Å². The molecule has 0 aromatic heterocycles. The molecule has 5 nitrogen and oxygen atoms in total. The lowest BCUT2D eigenvalue weighted by molar-refractivity contribution is 0.0527. The Balaban J connectivity index is 2.26. The molecular weight excluding hydrogens is 270 g/mol. The molecule has 0 bridgehead atoms. The molecule has 5 heteroatoms. The van der Waals surface area contributed by atoms with Crippen molar-refractivity contribution in [1.82, 2.24) is 0 Å². The number of hydrogen-bond donors (Lipinski definition) is 2. The predicted molar refractivity (Wildman–Crippen MR) is 78.5 cm³/mol. The van der Waals surface area contributed by atoms with Gasteiger partial charge in [-0.2, -0.15) is 0 Å². The third-order valence-corrected chi connectivity index (χ3v) is 2.82. The molecule has 108 valence electrons. The summed E-state index contributed by atoms with van der Waals surface area (Å²) in [5, 5.41) is 12.3. The minimum Gasteiger partial charge on any atom is -0.507 e. The zero-order chi connectivity index (χ0) is 15.2. The van der Waals surface area contributed by atoms with E-state index >= 15 is 0 Å². The van der Waals surface area contributed by atoms with Crippen molar-refractivity contribution >= 4 is 17.6 Å². The molecule has 21 heavy (non-hydrogen) atoms. The van der Waals surface area contributed by atoms with Gasteiger partial charge in [-0.3, -0.25) is 4.79 Å². The molecule has 0 atom stereocenters. The topological polar surface area (TPSA) is 75.6 Å². The van der Waals surface area contributed by atoms with E-state index in [0.29, 0.717) is 5.69 Å². The summed E-state index contributed by atoms with van der Waals surface area (Å²) >= 11 is 0. The van der Waals surface area contributed by atoms with Gasteiger partial charge in [0.2, 0.25) is 0 Å². The number of rotatable bonds is 4. The van der Waals surface area contributed by atoms with Crippen LogP contribution in [0.1, 0.15) is 27.6 Å². The van der Waals surface area contributed by atoms with Gasteiger partial charge >= 0.3 is 5.97 Å². The fraction of sp³-hybridized carbons (Fsp3) is 0.125. The van der Waals surface area contributed by atoms with Gasteiger partial charge in [-0.05, 0) is 31.2 Å². The number of anilines is 1. The van der Waals surface area contributed by atoms with Gasteiger partial charge in [-0.1, -0.05) is 24.3 Å². The molecule has 2 aromatic carbocycles. The van der Waals surface area contributed by atoms with Crippen LogP contribution in [0.15, 0.2) is 48.5 Å². The number of aromatic hydroxyl groups is 1. The number of esters is 1. The average molecular weight is 285 g/mol. The third-order valence-electron chi connectivity index (χ3n) is 2.82. The number of carbonyl (C=O) groups excluding carboxylic acids is 2. The second-order valence-corrected chi connectivity index (χ2v) is 4.24. The largest absolute Gasteiger partial charge is 0.507 e. The number of phenolic OH excluding ortho intramolecular Hbond substituents is 1. The van der Waals surface area contributed by atoms with E-state index in [2.05, 4.69) is 5.32 Å². The molecule has 0 aliphatic carbocycles. The van der Waals surface area contributed by atoms with Gasteiger partial charge in [0.05, 0.1) is 23.4 Å². The Bertz CT molecular complexity index is 667. The van der Waals surface area contributed by atoms with E-state index in [1.807, 2.05) is 0 Å². The van der Waals surface area contributed by atoms with Gasteiger partial charge in [0.15, 0.2) is 0 Å². The second kappa shape index (κ2) is 6.56. The number of carbonyl (C=O) groups is 2. The van der Waals surface area contributed by atoms with Crippen LogP contribution < -0.4 is 5.32 Å². The number of amides is 1. The minimum atomic E-state index is -0.509. The first-order valence-corrected chi connectivity index (χ1v) is 6.49. The Hall–Kier alpha value is -2.82. The zero-order valence-corrected chi connectivity index (χ0v) is 11.5. The van der Waals surface area contributed by atoms with Gasteiger partial charge in [0.25, 0.3) is 5.91 Å². The zero-order valence-electron chi connectivity index (χ0n) is 11.5. The summed E-state index contributed by atoms with van der Waals surface area (Å²) in [6.45, 7) is 1.96. The van der Waals surface area contributed by atoms with Crippen LogP contribution in [0, 0.1) is 0 Å². The Morgan fingerprint density at radius 2 is 1.67 bits per heavy atom. The van der Waals surface area contributed by atoms with Crippen molar-refractivity contribution in [3.63, 3.8) is 0 Å². The molecule has 0 heterocycles. The van der Waals surface area contributed by atoms with Crippen LogP contribution in [0.4, 0.5) is 5.69 Å². The molecule has 2 N–H and O–H groups in total. The van der Waals surface area contributed by atoms with Crippen LogP contribution in [0.2, 0.25) is 0 Å². The van der Waals surface area contributed by atoms with Crippen LogP contribution >= 0.6 is 0 Å². The number of para-hydroxylation sites is 2. The van der Waals surface area contributed by atoms with E-state index in [-0.39, 0.29) is 23.5 Å². The molecule has 2 rings (SSSR count). The third kappa shape index (κ3) is 3.39. The molecule has 0 aliphatic heterocycles. The van der Waals surface area contributed by atoms with E-state index < -0.39 is 11.9 Å². The standard InChI is InChI=1S/C16H15NO4/c1-2-21-16(20)11-7-3-5-9-13(11)17-15(19)12-8-4-6-10-14(12)18/h3-10,18H,2H2,1H3,(H,17,19). The monoisotopic (exact) mass is 285 g/mol. The first-order chi connectivity index (χ1) is 10.1. The van der Waals surface area contributed by atoms with Crippen molar-refractivity contribution in [2.24, 2.45) is 0 Å². The Morgan fingerprint density at radius 1 is 1.05 bits per heavy atom. The maximum Gasteiger partial charge on any atom is 0.340 e. The molecule has 0 fully saturated rings. The summed E-state index contributed by atoms with van der Waals surface area (Å²) in [4.78, 5) is 24.0. The fourth-order valence-electron chi connectivity index (χ4n) is 1.83. The summed E-state index contributed by atoms with van der Waals surface area (Å²) in [6.07, 6.45) is 0. The Kier molecular flexibility index (Phi) is 4.56. The number of phenols is 1. The molecule has 0 saturated carbocycles. The molecule has 0 unspecified atom stereocenters. The van der Waals surface area contributed by atoms with Gasteiger partial charge in [-0.25, -0.2) is 4.79 Å². The quantitative estimate of drug-likeness (QED) is 0.847. The Labute approximate surface area is 122 Å². The summed E-state index contributed by atoms with van der Waals surface area (Å²) in [5.41, 5.74) is 0.739. The van der Waals surface area contributed by atoms with E-state index in [4.69, 9.17) is 4.74 Å². The Morgan fingerprint density at radius 3 is 2.33 bits per heavy atom. The van der Waals surface area contributed by atoms with E-state index in [1.165, 1.54) is 12.1 Å². The van der Waals surface area contributed by atoms with Crippen LogP contribution in [0.3, 0.4) is 0 Å². The van der Waals surface area contributed by atoms with E-state index in [0.717, 1.165) is 0 Å². The maximum atomic E-state index is 12.1. The minimum absolute atomic E-state index is 0.122. The van der Waals surface area contributed by atoms with Crippen LogP contribution in [0.25, 0.3) is 0 Å². The summed E-state index contributed by atoms with van der Waals surface area (Å²) in [5.74, 6) is -1.13. The molecule has 0 radical (unpaired) electrons. The van der Waals surface area contributed by atoms with Crippen LogP contribution in [0.5, 0.6) is 5.75 Å². The fourth-order valence-corrected chi connectivity index (χ4v) is 1.83. The lowest BCUT2D eigenvalue weighted by Gasteiger charge is -2.10. The predicted octanol–water partition coefficient (Wildman–Crippen LogP) is 2.82. The number of benzene rings is 2. The number of ether oxygens (including phenoxy) is 1. The number of nitrogens with one attached hydrogen (secondary N) is 1. The highest BCUT2D eigenvalue weighted by Crippen LogP contribution is 2.20. The molecule has 0 spiro atoms. The van der Waals surface area contributed by atoms with Crippen molar-refractivity contribution in [3.8, 4) is 5.75 Å². The van der Waals surface area contributed by atoms with Crippen molar-refractivity contribution in [3.05, 3.63) is 59.7 Å². The SMILES string of the molecule is CCOC(=O)c1ccccc1NC(=O)c1ccccc1O. The highest BCUT2D eigenvalue weighted by atomic mass is 16.5. The lowest BCUT2D eigenvalue weighted by Crippen LogP contribution is -2.16. The summed E-state index contributed by atoms with van der Waals surface area (Å²) in [6, 6.07) is 12.7. The molecular formula is C16H15NO4. The van der Waals surface area contributed by atoms with Crippen molar-refractivity contribution < 1.29 is 19.4 Å². The number of hydrogen-bond acceptors (Lipinski definition) is 4. The molecule has 1 amide bonds. The summed E-state index contributed by atoms with van der Waals surface area (Å²) < 4.78 is 4.94. The lowest BCUT2D eigenvalue weighted by atomic mass is 10.1. The van der Waals surface area contributed by atoms with Crippen LogP contribution in [-0.2, 0) is 4.74 Å². The van der Waals surface area contributed by atoms with Gasteiger partial charge in [0.1, 0.15) is 5.75 Å². The maximum absolute atomic E-state index is 12.1. The van der Waals surface area contributed by atoms with Gasteiger partial charge < -0.3 is 15.2 Å². The smallest absolute Gasteiger partial charge is 0.340 e. The van der Waals surface area contributed by atoms with Crippen LogP contribution in [-0.4, -0.2) is 23.6 Å². The molecule has 2 aromatic rings. The average Bonchev–Trinajstić information content (AvgIpc) is 2.48. The van der Waals surface area contributed by atoms with Crippen molar-refractivity contribution in [2.45, 2.75) is 6.92 Å². The normalized spacial score (nSPS) is 9.95. The van der Waals surface area contributed by atoms with E-state index in [1.54, 1.807) is 43.3 Å². The first kappa shape index (κ1) is 14.6. The molecule has 0 saturated heterocycles. The highest BCUT2D eigenvalue weighted by molar-refractivity contribution is 6.09. The van der Waals surface area contributed by atoms with Crippen molar-refractivity contribution in [2.75, 3.05) is 11.9 Å². The molecule has 0 aliphatic rings. The second-order valence-electron chi connectivity index (χ2n) is 4.24. The van der Waals surface area contributed by atoms with E-state index in [9.17, 15) is 14.7 Å². The first-order valence-electron chi connectivity index (χ1n) is 6.49.